The van der Waals surface area contributed by atoms with Crippen LogP contribution < -0.4 is 5.73 Å². The Labute approximate surface area is 75.6 Å². The Bertz CT molecular complexity index is 351. The van der Waals surface area contributed by atoms with Gasteiger partial charge in [0, 0.05) is 11.5 Å². The van der Waals surface area contributed by atoms with E-state index in [1.165, 1.54) is 6.07 Å². The minimum Gasteiger partial charge on any atom is -0.327 e. The molecule has 1 nitrogen and oxygen atoms in total. The molecule has 0 unspecified atom stereocenters. The van der Waals surface area contributed by atoms with Crippen molar-refractivity contribution in [2.24, 2.45) is 5.73 Å². The SMILES string of the molecule is C[C@]1(c2cc(F)ccc2F)C[C@H]1N. The first kappa shape index (κ1) is 8.63. The normalized spacial score (nSPS) is 31.8. The van der Waals surface area contributed by atoms with Gasteiger partial charge in [-0.05, 0) is 30.2 Å². The Kier molecular flexibility index (Phi) is 1.67. The molecule has 0 radical (unpaired) electrons. The summed E-state index contributed by atoms with van der Waals surface area (Å²) in [6.45, 7) is 1.86. The summed E-state index contributed by atoms with van der Waals surface area (Å²) in [6, 6.07) is 3.47. The molecule has 0 bridgehead atoms. The van der Waals surface area contributed by atoms with Gasteiger partial charge in [0.2, 0.25) is 0 Å². The number of nitrogens with two attached hydrogens (primary N) is 1. The lowest BCUT2D eigenvalue weighted by atomic mass is 9.97. The van der Waals surface area contributed by atoms with Crippen LogP contribution in [-0.2, 0) is 5.41 Å². The van der Waals surface area contributed by atoms with Gasteiger partial charge in [-0.3, -0.25) is 0 Å². The van der Waals surface area contributed by atoms with Crippen molar-refractivity contribution >= 4 is 0 Å². The van der Waals surface area contributed by atoms with Crippen LogP contribution in [0, 0.1) is 11.6 Å². The fraction of sp³-hybridized carbons (Fsp3) is 0.400. The minimum absolute atomic E-state index is 0.0381. The van der Waals surface area contributed by atoms with Gasteiger partial charge >= 0.3 is 0 Å². The zero-order valence-electron chi connectivity index (χ0n) is 7.35. The van der Waals surface area contributed by atoms with E-state index < -0.39 is 5.82 Å². The van der Waals surface area contributed by atoms with Gasteiger partial charge in [0.15, 0.2) is 0 Å². The largest absolute Gasteiger partial charge is 0.327 e. The van der Waals surface area contributed by atoms with Gasteiger partial charge in [0.25, 0.3) is 0 Å². The van der Waals surface area contributed by atoms with Crippen LogP contribution in [0.2, 0.25) is 0 Å². The number of benzene rings is 1. The summed E-state index contributed by atoms with van der Waals surface area (Å²) in [5.41, 5.74) is 5.71. The van der Waals surface area contributed by atoms with E-state index in [0.29, 0.717) is 5.56 Å². The van der Waals surface area contributed by atoms with Crippen molar-refractivity contribution in [3.63, 3.8) is 0 Å². The van der Waals surface area contributed by atoms with Crippen molar-refractivity contribution in [2.45, 2.75) is 24.8 Å². The number of hydrogen-bond donors (Lipinski definition) is 1. The van der Waals surface area contributed by atoms with Gasteiger partial charge in [0.1, 0.15) is 11.6 Å². The highest BCUT2D eigenvalue weighted by molar-refractivity contribution is 5.36. The molecule has 1 saturated carbocycles. The Morgan fingerprint density at radius 3 is 2.62 bits per heavy atom. The van der Waals surface area contributed by atoms with E-state index in [1.807, 2.05) is 6.92 Å². The molecule has 70 valence electrons. The van der Waals surface area contributed by atoms with E-state index in [2.05, 4.69) is 0 Å². The maximum Gasteiger partial charge on any atom is 0.127 e. The van der Waals surface area contributed by atoms with Crippen molar-refractivity contribution in [1.82, 2.24) is 0 Å². The summed E-state index contributed by atoms with van der Waals surface area (Å²) in [4.78, 5) is 0. The maximum absolute atomic E-state index is 13.3. The first-order valence-corrected chi connectivity index (χ1v) is 4.25. The first-order chi connectivity index (χ1) is 6.04. The van der Waals surface area contributed by atoms with E-state index in [1.54, 1.807) is 0 Å². The molecule has 0 amide bonds. The average Bonchev–Trinajstić information content (AvgIpc) is 2.66. The molecule has 0 aromatic heterocycles. The molecule has 1 aliphatic carbocycles. The highest BCUT2D eigenvalue weighted by Gasteiger charge is 2.50. The van der Waals surface area contributed by atoms with E-state index in [4.69, 9.17) is 5.73 Å². The third kappa shape index (κ3) is 1.23. The molecule has 2 N–H and O–H groups in total. The zero-order chi connectivity index (χ0) is 9.64. The Hall–Kier alpha value is -0.960. The molecular formula is C10H11F2N. The van der Waals surface area contributed by atoms with Crippen LogP contribution in [0.4, 0.5) is 8.78 Å². The van der Waals surface area contributed by atoms with Gasteiger partial charge in [-0.25, -0.2) is 8.78 Å². The topological polar surface area (TPSA) is 26.0 Å². The van der Waals surface area contributed by atoms with Crippen LogP contribution in [0.25, 0.3) is 0 Å². The van der Waals surface area contributed by atoms with E-state index >= 15 is 0 Å². The Morgan fingerprint density at radius 2 is 2.08 bits per heavy atom. The monoisotopic (exact) mass is 183 g/mol. The molecule has 13 heavy (non-hydrogen) atoms. The molecule has 3 heteroatoms. The lowest BCUT2D eigenvalue weighted by Gasteiger charge is -2.10. The fourth-order valence-electron chi connectivity index (χ4n) is 1.64. The Balaban J connectivity index is 2.46. The molecule has 2 rings (SSSR count). The van der Waals surface area contributed by atoms with Gasteiger partial charge in [-0.1, -0.05) is 6.92 Å². The predicted molar refractivity (Wildman–Crippen MR) is 46.3 cm³/mol. The van der Waals surface area contributed by atoms with E-state index in [0.717, 1.165) is 18.6 Å². The number of halogens is 2. The summed E-state index contributed by atoms with van der Waals surface area (Å²) < 4.78 is 26.1. The van der Waals surface area contributed by atoms with Gasteiger partial charge in [-0.15, -0.1) is 0 Å². The van der Waals surface area contributed by atoms with Crippen molar-refractivity contribution in [3.05, 3.63) is 35.4 Å². The second-order valence-corrected chi connectivity index (χ2v) is 3.85. The third-order valence-electron chi connectivity index (χ3n) is 2.85. The summed E-state index contributed by atoms with van der Waals surface area (Å²) in [5, 5.41) is 0. The van der Waals surface area contributed by atoms with Gasteiger partial charge < -0.3 is 5.73 Å². The van der Waals surface area contributed by atoms with Crippen LogP contribution in [0.5, 0.6) is 0 Å². The molecule has 0 spiro atoms. The van der Waals surface area contributed by atoms with Crippen LogP contribution in [-0.4, -0.2) is 6.04 Å². The molecule has 1 fully saturated rings. The van der Waals surface area contributed by atoms with Crippen molar-refractivity contribution in [3.8, 4) is 0 Å². The van der Waals surface area contributed by atoms with Crippen LogP contribution in [0.15, 0.2) is 18.2 Å². The third-order valence-corrected chi connectivity index (χ3v) is 2.85. The molecule has 0 saturated heterocycles. The van der Waals surface area contributed by atoms with Crippen LogP contribution in [0.3, 0.4) is 0 Å². The van der Waals surface area contributed by atoms with E-state index in [9.17, 15) is 8.78 Å². The Morgan fingerprint density at radius 1 is 1.46 bits per heavy atom. The molecule has 0 heterocycles. The lowest BCUT2D eigenvalue weighted by molar-refractivity contribution is 0.560. The van der Waals surface area contributed by atoms with Crippen LogP contribution >= 0.6 is 0 Å². The van der Waals surface area contributed by atoms with Crippen molar-refractivity contribution in [2.75, 3.05) is 0 Å². The molecular weight excluding hydrogens is 172 g/mol. The molecule has 1 aliphatic rings. The molecule has 1 aromatic carbocycles. The fourth-order valence-corrected chi connectivity index (χ4v) is 1.64. The molecule has 1 aromatic rings. The smallest absolute Gasteiger partial charge is 0.127 e. The summed E-state index contributed by atoms with van der Waals surface area (Å²) in [6.07, 6.45) is 0.730. The van der Waals surface area contributed by atoms with Gasteiger partial charge in [-0.2, -0.15) is 0 Å². The molecule has 0 aliphatic heterocycles. The van der Waals surface area contributed by atoms with Crippen molar-refractivity contribution < 1.29 is 8.78 Å². The molecule has 2 atom stereocenters. The minimum atomic E-state index is -0.406. The highest BCUT2D eigenvalue weighted by Crippen LogP contribution is 2.47. The summed E-state index contributed by atoms with van der Waals surface area (Å²) in [5.74, 6) is -0.770. The number of rotatable bonds is 1. The standard InChI is InChI=1S/C10H11F2N/c1-10(5-9(10)13)7-4-6(11)2-3-8(7)12/h2-4,9H,5,13H2,1H3/t9-,10-/m1/s1. The number of hydrogen-bond acceptors (Lipinski definition) is 1. The van der Waals surface area contributed by atoms with E-state index in [-0.39, 0.29) is 17.3 Å². The first-order valence-electron chi connectivity index (χ1n) is 4.25. The van der Waals surface area contributed by atoms with Gasteiger partial charge in [0.05, 0.1) is 0 Å². The zero-order valence-corrected chi connectivity index (χ0v) is 7.35. The lowest BCUT2D eigenvalue weighted by Crippen LogP contribution is -2.16. The highest BCUT2D eigenvalue weighted by atomic mass is 19.1. The quantitative estimate of drug-likeness (QED) is 0.707. The average molecular weight is 183 g/mol. The van der Waals surface area contributed by atoms with Crippen LogP contribution in [0.1, 0.15) is 18.9 Å². The van der Waals surface area contributed by atoms with Crippen molar-refractivity contribution in [1.29, 1.82) is 0 Å². The second kappa shape index (κ2) is 2.51. The second-order valence-electron chi connectivity index (χ2n) is 3.85. The maximum atomic E-state index is 13.3. The predicted octanol–water partition coefficient (Wildman–Crippen LogP) is 1.95. The summed E-state index contributed by atoms with van der Waals surface area (Å²) >= 11 is 0. The summed E-state index contributed by atoms with van der Waals surface area (Å²) in [7, 11) is 0.